The molecule has 2 rings (SSSR count). The maximum atomic E-state index is 12.1. The highest BCUT2D eigenvalue weighted by atomic mass is 19.4. The van der Waals surface area contributed by atoms with Crippen LogP contribution in [-0.2, 0) is 0 Å². The second-order valence-electron chi connectivity index (χ2n) is 4.73. The Labute approximate surface area is 132 Å². The van der Waals surface area contributed by atoms with E-state index >= 15 is 0 Å². The summed E-state index contributed by atoms with van der Waals surface area (Å²) >= 11 is 0. The molecule has 1 aromatic heterocycles. The third kappa shape index (κ3) is 4.35. The zero-order chi connectivity index (χ0) is 17.0. The summed E-state index contributed by atoms with van der Waals surface area (Å²) in [6, 6.07) is 7.34. The highest BCUT2D eigenvalue weighted by Crippen LogP contribution is 2.26. The predicted molar refractivity (Wildman–Crippen MR) is 85.6 cm³/mol. The van der Waals surface area contributed by atoms with E-state index in [1.54, 1.807) is 12.2 Å². The van der Waals surface area contributed by atoms with Gasteiger partial charge in [0.05, 0.1) is 5.69 Å². The van der Waals surface area contributed by atoms with E-state index in [0.717, 1.165) is 11.1 Å². The van der Waals surface area contributed by atoms with Crippen LogP contribution in [-0.4, -0.2) is 11.3 Å². The Kier molecular flexibility index (Phi) is 4.74. The summed E-state index contributed by atoms with van der Waals surface area (Å²) in [6.07, 6.45) is -1.40. The molecule has 0 aliphatic carbocycles. The lowest BCUT2D eigenvalue weighted by Crippen LogP contribution is -2.17. The number of nitrogens with one attached hydrogen (secondary N) is 1. The van der Waals surface area contributed by atoms with Gasteiger partial charge in [0, 0.05) is 5.69 Å². The molecule has 1 heterocycles. The molecule has 0 fully saturated rings. The van der Waals surface area contributed by atoms with Crippen LogP contribution in [0.1, 0.15) is 16.8 Å². The fourth-order valence-corrected chi connectivity index (χ4v) is 1.98. The molecular weight excluding hydrogens is 305 g/mol. The number of rotatable bonds is 5. The summed E-state index contributed by atoms with van der Waals surface area (Å²) in [4.78, 5) is 4.43. The van der Waals surface area contributed by atoms with Crippen molar-refractivity contribution in [1.82, 2.24) is 4.98 Å². The van der Waals surface area contributed by atoms with Crippen LogP contribution in [0.2, 0.25) is 0 Å². The predicted octanol–water partition coefficient (Wildman–Crippen LogP) is 5.32. The van der Waals surface area contributed by atoms with Gasteiger partial charge < -0.3 is 10.1 Å². The Hall–Kier alpha value is -2.76. The molecular formula is C17H15F3N2O. The zero-order valence-electron chi connectivity index (χ0n) is 12.4. The highest BCUT2D eigenvalue weighted by molar-refractivity contribution is 5.68. The van der Waals surface area contributed by atoms with Gasteiger partial charge in [0.15, 0.2) is 0 Å². The van der Waals surface area contributed by atoms with Gasteiger partial charge >= 0.3 is 6.36 Å². The average molecular weight is 320 g/mol. The van der Waals surface area contributed by atoms with Gasteiger partial charge in [-0.15, -0.1) is 13.2 Å². The molecule has 6 heteroatoms. The molecule has 3 nitrogen and oxygen atoms in total. The number of benzene rings is 1. The van der Waals surface area contributed by atoms with Crippen molar-refractivity contribution in [2.45, 2.75) is 13.3 Å². The third-order valence-corrected chi connectivity index (χ3v) is 3.04. The van der Waals surface area contributed by atoms with Crippen molar-refractivity contribution < 1.29 is 17.9 Å². The van der Waals surface area contributed by atoms with Gasteiger partial charge in [0.2, 0.25) is 0 Å². The lowest BCUT2D eigenvalue weighted by Gasteiger charge is -2.13. The first-order chi connectivity index (χ1) is 10.8. The minimum absolute atomic E-state index is 0.276. The zero-order valence-corrected chi connectivity index (χ0v) is 12.4. The molecule has 1 N–H and O–H groups in total. The second kappa shape index (κ2) is 6.56. The maximum absolute atomic E-state index is 12.1. The van der Waals surface area contributed by atoms with Crippen molar-refractivity contribution in [3.8, 4) is 5.75 Å². The number of hydrogen-bond donors (Lipinski definition) is 1. The molecule has 0 amide bonds. The minimum atomic E-state index is -4.70. The normalized spacial score (nSPS) is 11.0. The number of nitrogens with zero attached hydrogens (tertiary/aromatic N) is 1. The molecule has 0 atom stereocenters. The minimum Gasteiger partial charge on any atom is -0.406 e. The van der Waals surface area contributed by atoms with E-state index in [-0.39, 0.29) is 5.75 Å². The van der Waals surface area contributed by atoms with Gasteiger partial charge in [0.25, 0.3) is 0 Å². The fraction of sp³-hybridized carbons (Fsp3) is 0.118. The van der Waals surface area contributed by atoms with Gasteiger partial charge in [-0.1, -0.05) is 19.2 Å². The lowest BCUT2D eigenvalue weighted by molar-refractivity contribution is -0.274. The summed E-state index contributed by atoms with van der Waals surface area (Å²) in [6.45, 7) is 9.29. The molecule has 0 spiro atoms. The van der Waals surface area contributed by atoms with Crippen LogP contribution in [0.3, 0.4) is 0 Å². The van der Waals surface area contributed by atoms with E-state index in [1.165, 1.54) is 24.3 Å². The molecule has 0 radical (unpaired) electrons. The van der Waals surface area contributed by atoms with E-state index in [2.05, 4.69) is 28.2 Å². The topological polar surface area (TPSA) is 34.1 Å². The van der Waals surface area contributed by atoms with E-state index in [1.807, 2.05) is 13.0 Å². The number of aromatic nitrogens is 1. The van der Waals surface area contributed by atoms with Gasteiger partial charge in [-0.3, -0.25) is 0 Å². The Bertz CT molecular complexity index is 722. The largest absolute Gasteiger partial charge is 0.573 e. The average Bonchev–Trinajstić information content (AvgIpc) is 2.49. The molecule has 0 aliphatic heterocycles. The Balaban J connectivity index is 2.22. The Morgan fingerprint density at radius 1 is 1.13 bits per heavy atom. The summed E-state index contributed by atoms with van der Waals surface area (Å²) in [5.41, 5.74) is 3.00. The maximum Gasteiger partial charge on any atom is 0.573 e. The van der Waals surface area contributed by atoms with Crippen molar-refractivity contribution in [3.05, 3.63) is 60.3 Å². The number of anilines is 2. The fourth-order valence-electron chi connectivity index (χ4n) is 1.98. The van der Waals surface area contributed by atoms with E-state index < -0.39 is 6.36 Å². The van der Waals surface area contributed by atoms with Gasteiger partial charge in [-0.25, -0.2) is 4.98 Å². The molecule has 0 unspecified atom stereocenters. The van der Waals surface area contributed by atoms with E-state index in [9.17, 15) is 13.2 Å². The monoisotopic (exact) mass is 320 g/mol. The molecule has 2 aromatic rings. The van der Waals surface area contributed by atoms with Crippen LogP contribution in [0.15, 0.2) is 43.5 Å². The van der Waals surface area contributed by atoms with Crippen LogP contribution in [0.4, 0.5) is 24.7 Å². The summed E-state index contributed by atoms with van der Waals surface area (Å²) in [5, 5.41) is 3.06. The first-order valence-electron chi connectivity index (χ1n) is 6.71. The molecule has 23 heavy (non-hydrogen) atoms. The SMILES string of the molecule is C=Cc1cc(C)c(Nc2ccc(OC(F)(F)F)cc2)nc1C=C. The first kappa shape index (κ1) is 16.6. The summed E-state index contributed by atoms with van der Waals surface area (Å²) < 4.78 is 40.2. The van der Waals surface area contributed by atoms with Crippen molar-refractivity contribution in [1.29, 1.82) is 0 Å². The molecule has 120 valence electrons. The second-order valence-corrected chi connectivity index (χ2v) is 4.73. The van der Waals surface area contributed by atoms with Crippen molar-refractivity contribution in [3.63, 3.8) is 0 Å². The van der Waals surface area contributed by atoms with E-state index in [4.69, 9.17) is 0 Å². The third-order valence-electron chi connectivity index (χ3n) is 3.04. The highest BCUT2D eigenvalue weighted by Gasteiger charge is 2.30. The van der Waals surface area contributed by atoms with Crippen molar-refractivity contribution >= 4 is 23.7 Å². The van der Waals surface area contributed by atoms with Crippen LogP contribution < -0.4 is 10.1 Å². The number of aryl methyl sites for hydroxylation is 1. The van der Waals surface area contributed by atoms with Crippen LogP contribution in [0, 0.1) is 6.92 Å². The van der Waals surface area contributed by atoms with Crippen molar-refractivity contribution in [2.24, 2.45) is 0 Å². The number of halogens is 3. The van der Waals surface area contributed by atoms with Gasteiger partial charge in [-0.05, 0) is 54.5 Å². The van der Waals surface area contributed by atoms with Crippen molar-refractivity contribution in [2.75, 3.05) is 5.32 Å². The number of ether oxygens (including phenoxy) is 1. The summed E-state index contributed by atoms with van der Waals surface area (Å²) in [7, 11) is 0. The number of pyridine rings is 1. The number of hydrogen-bond acceptors (Lipinski definition) is 3. The standard InChI is InChI=1S/C17H15F3N2O/c1-4-12-10-11(3)16(22-15(12)5-2)21-13-6-8-14(9-7-13)23-17(18,19)20/h4-10H,1-2H2,3H3,(H,21,22). The molecule has 0 saturated carbocycles. The quantitative estimate of drug-likeness (QED) is 0.810. The lowest BCUT2D eigenvalue weighted by atomic mass is 10.1. The van der Waals surface area contributed by atoms with Crippen LogP contribution in [0.5, 0.6) is 5.75 Å². The van der Waals surface area contributed by atoms with Gasteiger partial charge in [-0.2, -0.15) is 0 Å². The number of alkyl halides is 3. The van der Waals surface area contributed by atoms with E-state index in [0.29, 0.717) is 17.2 Å². The van der Waals surface area contributed by atoms with Gasteiger partial charge in [0.1, 0.15) is 11.6 Å². The van der Waals surface area contributed by atoms with Crippen LogP contribution in [0.25, 0.3) is 12.2 Å². The Morgan fingerprint density at radius 2 is 1.78 bits per heavy atom. The van der Waals surface area contributed by atoms with Crippen LogP contribution >= 0.6 is 0 Å². The Morgan fingerprint density at radius 3 is 2.30 bits per heavy atom. The smallest absolute Gasteiger partial charge is 0.406 e. The molecule has 1 aromatic carbocycles. The molecule has 0 bridgehead atoms. The first-order valence-corrected chi connectivity index (χ1v) is 6.71. The molecule has 0 aliphatic rings. The molecule has 0 saturated heterocycles. The summed E-state index contributed by atoms with van der Waals surface area (Å²) in [5.74, 6) is 0.316.